The van der Waals surface area contributed by atoms with Crippen molar-refractivity contribution in [2.45, 2.75) is 20.8 Å². The van der Waals surface area contributed by atoms with E-state index in [1.54, 1.807) is 7.11 Å². The smallest absolute Gasteiger partial charge is 0.338 e. The van der Waals surface area contributed by atoms with Gasteiger partial charge in [0.2, 0.25) is 0 Å². The van der Waals surface area contributed by atoms with E-state index in [9.17, 15) is 4.79 Å². The molecule has 0 aliphatic carbocycles. The number of aliphatic hydroxyl groups excluding tert-OH is 1. The minimum absolute atomic E-state index is 0.0167. The fourth-order valence-corrected chi connectivity index (χ4v) is 1.78. The van der Waals surface area contributed by atoms with Gasteiger partial charge < -0.3 is 14.6 Å². The third-order valence-electron chi connectivity index (χ3n) is 2.80. The first-order valence-corrected chi connectivity index (χ1v) is 5.45. The second-order valence-corrected chi connectivity index (χ2v) is 3.88. The average molecular weight is 238 g/mol. The molecule has 4 heteroatoms. The van der Waals surface area contributed by atoms with Crippen molar-refractivity contribution in [3.05, 3.63) is 28.3 Å². The minimum atomic E-state index is -0.403. The summed E-state index contributed by atoms with van der Waals surface area (Å²) >= 11 is 0. The van der Waals surface area contributed by atoms with Gasteiger partial charge in [-0.15, -0.1) is 0 Å². The second kappa shape index (κ2) is 5.68. The first-order valence-electron chi connectivity index (χ1n) is 5.45. The number of aryl methyl sites for hydroxylation is 1. The normalized spacial score (nSPS) is 10.2. The molecule has 0 aliphatic heterocycles. The monoisotopic (exact) mass is 238 g/mol. The zero-order chi connectivity index (χ0) is 13.0. The third-order valence-corrected chi connectivity index (χ3v) is 2.80. The maximum Gasteiger partial charge on any atom is 0.338 e. The van der Waals surface area contributed by atoms with E-state index in [1.165, 1.54) is 0 Å². The number of benzene rings is 1. The molecule has 0 saturated heterocycles. The zero-order valence-corrected chi connectivity index (χ0v) is 10.7. The lowest BCUT2D eigenvalue weighted by molar-refractivity contribution is 0.0432. The lowest BCUT2D eigenvalue weighted by atomic mass is 9.97. The van der Waals surface area contributed by atoms with Gasteiger partial charge in [0.15, 0.2) is 0 Å². The van der Waals surface area contributed by atoms with E-state index in [1.807, 2.05) is 26.8 Å². The van der Waals surface area contributed by atoms with E-state index in [0.29, 0.717) is 5.56 Å². The topological polar surface area (TPSA) is 55.8 Å². The van der Waals surface area contributed by atoms with Crippen LogP contribution in [-0.4, -0.2) is 31.4 Å². The van der Waals surface area contributed by atoms with Gasteiger partial charge >= 0.3 is 5.97 Å². The number of carbonyl (C=O) groups excluding carboxylic acids is 1. The Bertz CT molecular complexity index is 424. The fraction of sp³-hybridized carbons (Fsp3) is 0.462. The third kappa shape index (κ3) is 2.77. The van der Waals surface area contributed by atoms with Crippen molar-refractivity contribution in [2.75, 3.05) is 20.3 Å². The molecule has 4 nitrogen and oxygen atoms in total. The molecule has 0 aromatic heterocycles. The molecule has 1 rings (SSSR count). The Morgan fingerprint density at radius 3 is 2.47 bits per heavy atom. The molecule has 0 heterocycles. The molecule has 1 N–H and O–H groups in total. The maximum atomic E-state index is 11.8. The molecule has 0 aliphatic rings. The first-order chi connectivity index (χ1) is 8.02. The van der Waals surface area contributed by atoms with E-state index in [-0.39, 0.29) is 13.2 Å². The fourth-order valence-electron chi connectivity index (χ4n) is 1.78. The highest BCUT2D eigenvalue weighted by molar-refractivity contribution is 5.93. The number of aliphatic hydroxyl groups is 1. The summed E-state index contributed by atoms with van der Waals surface area (Å²) < 4.78 is 10.2. The van der Waals surface area contributed by atoms with Gasteiger partial charge in [-0.1, -0.05) is 0 Å². The van der Waals surface area contributed by atoms with Crippen molar-refractivity contribution in [1.82, 2.24) is 0 Å². The number of esters is 1. The summed E-state index contributed by atoms with van der Waals surface area (Å²) in [6.45, 7) is 5.45. The van der Waals surface area contributed by atoms with Crippen LogP contribution in [0.4, 0.5) is 0 Å². The molecule has 0 bridgehead atoms. The summed E-state index contributed by atoms with van der Waals surface area (Å²) in [6, 6.07) is 1.82. The van der Waals surface area contributed by atoms with Crippen molar-refractivity contribution < 1.29 is 19.4 Å². The molecule has 0 atom stereocenters. The van der Waals surface area contributed by atoms with Gasteiger partial charge in [0, 0.05) is 0 Å². The van der Waals surface area contributed by atoms with Gasteiger partial charge in [0.25, 0.3) is 0 Å². The maximum absolute atomic E-state index is 11.8. The quantitative estimate of drug-likeness (QED) is 0.812. The van der Waals surface area contributed by atoms with Gasteiger partial charge in [-0.05, 0) is 43.5 Å². The van der Waals surface area contributed by atoms with Crippen LogP contribution in [0.1, 0.15) is 27.0 Å². The summed E-state index contributed by atoms with van der Waals surface area (Å²) in [5, 5.41) is 8.64. The molecule has 1 aromatic rings. The Morgan fingerprint density at radius 2 is 1.94 bits per heavy atom. The van der Waals surface area contributed by atoms with Crippen LogP contribution in [0.25, 0.3) is 0 Å². The van der Waals surface area contributed by atoms with Gasteiger partial charge in [0.1, 0.15) is 12.4 Å². The molecule has 0 unspecified atom stereocenters. The molecule has 17 heavy (non-hydrogen) atoms. The summed E-state index contributed by atoms with van der Waals surface area (Å²) in [5.74, 6) is 0.360. The van der Waals surface area contributed by atoms with E-state index in [2.05, 4.69) is 0 Å². The average Bonchev–Trinajstić information content (AvgIpc) is 2.31. The van der Waals surface area contributed by atoms with Crippen molar-refractivity contribution in [2.24, 2.45) is 0 Å². The van der Waals surface area contributed by atoms with Crippen LogP contribution in [0.2, 0.25) is 0 Å². The van der Waals surface area contributed by atoms with Crippen LogP contribution in [0.5, 0.6) is 5.75 Å². The lowest BCUT2D eigenvalue weighted by Crippen LogP contribution is -2.13. The number of hydrogen-bond donors (Lipinski definition) is 1. The molecule has 1 aromatic carbocycles. The number of hydrogen-bond acceptors (Lipinski definition) is 4. The highest BCUT2D eigenvalue weighted by atomic mass is 16.5. The van der Waals surface area contributed by atoms with Gasteiger partial charge in [-0.25, -0.2) is 4.79 Å². The van der Waals surface area contributed by atoms with Crippen LogP contribution in [0, 0.1) is 20.8 Å². The van der Waals surface area contributed by atoms with Crippen LogP contribution in [0.15, 0.2) is 6.07 Å². The molecule has 0 radical (unpaired) electrons. The van der Waals surface area contributed by atoms with Crippen molar-refractivity contribution in [3.63, 3.8) is 0 Å². The number of rotatable bonds is 4. The molecule has 94 valence electrons. The van der Waals surface area contributed by atoms with Crippen LogP contribution in [0.3, 0.4) is 0 Å². The predicted molar refractivity (Wildman–Crippen MR) is 64.6 cm³/mol. The summed E-state index contributed by atoms with van der Waals surface area (Å²) in [7, 11) is 1.60. The standard InChI is InChI=1S/C13H18O4/c1-8-7-11(16-4)9(2)10(3)12(8)13(15)17-6-5-14/h7,14H,5-6H2,1-4H3. The van der Waals surface area contributed by atoms with Crippen LogP contribution < -0.4 is 4.74 Å². The highest BCUT2D eigenvalue weighted by Gasteiger charge is 2.17. The zero-order valence-electron chi connectivity index (χ0n) is 10.7. The van der Waals surface area contributed by atoms with E-state index < -0.39 is 5.97 Å². The molecular weight excluding hydrogens is 220 g/mol. The van der Waals surface area contributed by atoms with Gasteiger partial charge in [0.05, 0.1) is 19.3 Å². The Kier molecular flexibility index (Phi) is 4.52. The molecule has 0 saturated carbocycles. The van der Waals surface area contributed by atoms with Crippen molar-refractivity contribution in [1.29, 1.82) is 0 Å². The number of methoxy groups -OCH3 is 1. The minimum Gasteiger partial charge on any atom is -0.496 e. The van der Waals surface area contributed by atoms with Crippen molar-refractivity contribution >= 4 is 5.97 Å². The lowest BCUT2D eigenvalue weighted by Gasteiger charge is -2.14. The summed E-state index contributed by atoms with van der Waals surface area (Å²) in [4.78, 5) is 11.8. The molecule has 0 fully saturated rings. The SMILES string of the molecule is COc1cc(C)c(C(=O)OCCO)c(C)c1C. The van der Waals surface area contributed by atoms with Gasteiger partial charge in [-0.2, -0.15) is 0 Å². The van der Waals surface area contributed by atoms with Gasteiger partial charge in [-0.3, -0.25) is 0 Å². The van der Waals surface area contributed by atoms with Crippen molar-refractivity contribution in [3.8, 4) is 5.75 Å². The van der Waals surface area contributed by atoms with E-state index in [0.717, 1.165) is 22.4 Å². The number of carbonyl (C=O) groups is 1. The molecule has 0 amide bonds. The second-order valence-electron chi connectivity index (χ2n) is 3.88. The highest BCUT2D eigenvalue weighted by Crippen LogP contribution is 2.27. The van der Waals surface area contributed by atoms with E-state index in [4.69, 9.17) is 14.6 Å². The molecule has 0 spiro atoms. The Hall–Kier alpha value is -1.55. The predicted octanol–water partition coefficient (Wildman–Crippen LogP) is 1.77. The summed E-state index contributed by atoms with van der Waals surface area (Å²) in [6.07, 6.45) is 0. The molecular formula is C13H18O4. The summed E-state index contributed by atoms with van der Waals surface area (Å²) in [5.41, 5.74) is 3.14. The van der Waals surface area contributed by atoms with Crippen LogP contribution in [-0.2, 0) is 4.74 Å². The van der Waals surface area contributed by atoms with Crippen LogP contribution >= 0.6 is 0 Å². The Labute approximate surface area is 101 Å². The van der Waals surface area contributed by atoms with E-state index >= 15 is 0 Å². The largest absolute Gasteiger partial charge is 0.496 e. The Balaban J connectivity index is 3.16. The Morgan fingerprint density at radius 1 is 1.29 bits per heavy atom. The first kappa shape index (κ1) is 13.5. The number of ether oxygens (including phenoxy) is 2.